The number of halogens is 1. The van der Waals surface area contributed by atoms with E-state index in [1.165, 1.54) is 24.5 Å². The monoisotopic (exact) mass is 718 g/mol. The summed E-state index contributed by atoms with van der Waals surface area (Å²) in [5, 5.41) is 10.8. The molecule has 0 aliphatic carbocycles. The molecule has 13 nitrogen and oxygen atoms in total. The van der Waals surface area contributed by atoms with Gasteiger partial charge in [-0.3, -0.25) is 9.69 Å². The molecule has 0 bridgehead atoms. The third-order valence-corrected chi connectivity index (χ3v) is 12.5. The number of ether oxygens (including phenoxy) is 3. The van der Waals surface area contributed by atoms with Crippen molar-refractivity contribution in [3.63, 3.8) is 0 Å². The molecule has 4 aliphatic rings. The zero-order valence-electron chi connectivity index (χ0n) is 29.5. The molecule has 15 heteroatoms. The molecule has 2 N–H and O–H groups in total. The van der Waals surface area contributed by atoms with Gasteiger partial charge in [0.1, 0.15) is 17.9 Å². The van der Waals surface area contributed by atoms with E-state index < -0.39 is 26.9 Å². The lowest BCUT2D eigenvalue weighted by atomic mass is 9.72. The number of piperidine rings is 1. The number of carbonyl (C=O) groups is 1. The van der Waals surface area contributed by atoms with Gasteiger partial charge in [0.2, 0.25) is 10.0 Å². The number of β-amino-alcohol motifs (C(OH)–C–C–N with tert-alkyl or cyclic N) is 1. The van der Waals surface area contributed by atoms with Crippen LogP contribution in [0.15, 0.2) is 30.7 Å². The third-order valence-electron chi connectivity index (χ3n) is 10.5. The Morgan fingerprint density at radius 3 is 2.44 bits per heavy atom. The third kappa shape index (κ3) is 8.23. The van der Waals surface area contributed by atoms with Crippen molar-refractivity contribution in [1.82, 2.24) is 24.5 Å². The number of hydrogen-bond acceptors (Lipinski definition) is 11. The lowest BCUT2D eigenvalue weighted by Crippen LogP contribution is -2.62. The topological polar surface area (TPSA) is 147 Å². The van der Waals surface area contributed by atoms with Gasteiger partial charge in [-0.15, -0.1) is 0 Å². The van der Waals surface area contributed by atoms with Gasteiger partial charge in [0.05, 0.1) is 30.2 Å². The molecule has 276 valence electrons. The fourth-order valence-electron chi connectivity index (χ4n) is 7.81. The van der Waals surface area contributed by atoms with Crippen LogP contribution in [0, 0.1) is 11.2 Å². The van der Waals surface area contributed by atoms with Crippen molar-refractivity contribution in [2.75, 3.05) is 57.4 Å². The molecule has 1 amide bonds. The minimum atomic E-state index is -3.47. The number of likely N-dealkylation sites (tertiary alicyclic amines) is 1. The summed E-state index contributed by atoms with van der Waals surface area (Å²) < 4.78 is 60.3. The van der Waals surface area contributed by atoms with E-state index in [0.29, 0.717) is 57.0 Å². The standard InChI is InChI=1S/C35H51FN6O7S/c1-24(2)42(25(3)4)33(43)29-17-26(36)5-6-30(29)49-31-18-37-23-38-32(31)41-20-34(21-41)11-13-40(14-12-34)22-35(44)10-7-27(19-48-35)39-50(45,46)28-8-15-47-16-9-28/h5-6,17-18,23-25,27-28,39,44H,7-16,19-22H2,1-4H3/t27-,35-/m1/s1. The maximum Gasteiger partial charge on any atom is 0.258 e. The normalized spacial score (nSPS) is 24.8. The first-order valence-corrected chi connectivity index (χ1v) is 19.3. The van der Waals surface area contributed by atoms with E-state index in [9.17, 15) is 22.7 Å². The highest BCUT2D eigenvalue weighted by Crippen LogP contribution is 2.45. The fourth-order valence-corrected chi connectivity index (χ4v) is 9.46. The van der Waals surface area contributed by atoms with Crippen molar-refractivity contribution >= 4 is 21.7 Å². The van der Waals surface area contributed by atoms with E-state index in [0.717, 1.165) is 39.0 Å². The minimum Gasteiger partial charge on any atom is -0.451 e. The number of rotatable bonds is 11. The van der Waals surface area contributed by atoms with Crippen LogP contribution in [0.5, 0.6) is 11.5 Å². The van der Waals surface area contributed by atoms with Crippen LogP contribution in [0.3, 0.4) is 0 Å². The maximum absolute atomic E-state index is 14.4. The summed E-state index contributed by atoms with van der Waals surface area (Å²) in [5.74, 6) is -0.887. The molecule has 0 radical (unpaired) electrons. The van der Waals surface area contributed by atoms with Crippen molar-refractivity contribution < 1.29 is 36.9 Å². The molecule has 1 spiro atoms. The molecule has 0 unspecified atom stereocenters. The van der Waals surface area contributed by atoms with E-state index in [4.69, 9.17) is 14.2 Å². The summed E-state index contributed by atoms with van der Waals surface area (Å²) in [5.41, 5.74) is 0.235. The summed E-state index contributed by atoms with van der Waals surface area (Å²) in [7, 11) is -3.47. The van der Waals surface area contributed by atoms with E-state index in [1.807, 2.05) is 27.7 Å². The van der Waals surface area contributed by atoms with E-state index in [2.05, 4.69) is 24.5 Å². The highest BCUT2D eigenvalue weighted by molar-refractivity contribution is 7.90. The van der Waals surface area contributed by atoms with Crippen LogP contribution in [0.1, 0.15) is 76.6 Å². The summed E-state index contributed by atoms with van der Waals surface area (Å²) in [6.07, 6.45) is 6.76. The Labute approximate surface area is 294 Å². The second kappa shape index (κ2) is 15.0. The van der Waals surface area contributed by atoms with Crippen LogP contribution in [-0.4, -0.2) is 121 Å². The van der Waals surface area contributed by atoms with Crippen molar-refractivity contribution in [3.8, 4) is 11.5 Å². The summed E-state index contributed by atoms with van der Waals surface area (Å²) in [6, 6.07) is 3.45. The van der Waals surface area contributed by atoms with Crippen molar-refractivity contribution in [2.24, 2.45) is 5.41 Å². The lowest BCUT2D eigenvalue weighted by molar-refractivity contribution is -0.239. The first-order valence-electron chi connectivity index (χ1n) is 17.8. The molecule has 4 saturated heterocycles. The first-order chi connectivity index (χ1) is 23.8. The zero-order chi connectivity index (χ0) is 35.7. The van der Waals surface area contributed by atoms with E-state index in [-0.39, 0.29) is 47.4 Å². The smallest absolute Gasteiger partial charge is 0.258 e. The quantitative estimate of drug-likeness (QED) is 0.352. The Balaban J connectivity index is 1.02. The Morgan fingerprint density at radius 2 is 1.80 bits per heavy atom. The minimum absolute atomic E-state index is 0.0842. The number of aromatic nitrogens is 2. The number of aliphatic hydroxyl groups is 1. The second-order valence-electron chi connectivity index (χ2n) is 15.0. The molecule has 5 heterocycles. The Kier molecular flexibility index (Phi) is 11.0. The Hall–Kier alpha value is -2.95. The van der Waals surface area contributed by atoms with Gasteiger partial charge in [0, 0.05) is 56.3 Å². The fraction of sp³-hybridized carbons (Fsp3) is 0.686. The SMILES string of the molecule is CC(C)N(C(=O)c1cc(F)ccc1Oc1cncnc1N1CC2(CCN(C[C@@]3(O)CC[C@@H](NS(=O)(=O)C4CCOCC4)CO3)CC2)C1)C(C)C. The molecule has 0 saturated carbocycles. The predicted molar refractivity (Wildman–Crippen MR) is 185 cm³/mol. The van der Waals surface area contributed by atoms with Gasteiger partial charge in [-0.25, -0.2) is 27.5 Å². The van der Waals surface area contributed by atoms with Crippen LogP contribution >= 0.6 is 0 Å². The van der Waals surface area contributed by atoms with Gasteiger partial charge in [-0.05, 0) is 91.1 Å². The van der Waals surface area contributed by atoms with Gasteiger partial charge in [-0.2, -0.15) is 0 Å². The van der Waals surface area contributed by atoms with Gasteiger partial charge in [-0.1, -0.05) is 0 Å². The predicted octanol–water partition coefficient (Wildman–Crippen LogP) is 3.54. The number of nitrogens with one attached hydrogen (secondary N) is 1. The molecular formula is C35H51FN6O7S. The van der Waals surface area contributed by atoms with Crippen LogP contribution in [0.2, 0.25) is 0 Å². The highest BCUT2D eigenvalue weighted by atomic mass is 32.2. The first kappa shape index (κ1) is 36.8. The molecule has 2 aromatic rings. The van der Waals surface area contributed by atoms with E-state index >= 15 is 0 Å². The van der Waals surface area contributed by atoms with Crippen molar-refractivity contribution in [1.29, 1.82) is 0 Å². The molecule has 4 fully saturated rings. The Bertz CT molecular complexity index is 1590. The molecule has 6 rings (SSSR count). The second-order valence-corrected chi connectivity index (χ2v) is 16.9. The van der Waals surface area contributed by atoms with Crippen LogP contribution in [0.25, 0.3) is 0 Å². The van der Waals surface area contributed by atoms with Gasteiger partial charge in [0.15, 0.2) is 17.4 Å². The maximum atomic E-state index is 14.4. The number of hydrogen-bond donors (Lipinski definition) is 2. The number of carbonyl (C=O) groups excluding carboxylic acids is 1. The van der Waals surface area contributed by atoms with Crippen LogP contribution < -0.4 is 14.4 Å². The van der Waals surface area contributed by atoms with E-state index in [1.54, 1.807) is 11.1 Å². The number of anilines is 1. The van der Waals surface area contributed by atoms with Crippen LogP contribution in [0.4, 0.5) is 10.2 Å². The number of benzene rings is 1. The van der Waals surface area contributed by atoms with Crippen molar-refractivity contribution in [2.45, 2.75) is 95.4 Å². The molecule has 1 aromatic carbocycles. The average Bonchev–Trinajstić information content (AvgIpc) is 3.06. The summed E-state index contributed by atoms with van der Waals surface area (Å²) in [4.78, 5) is 28.3. The number of nitrogens with zero attached hydrogens (tertiary/aromatic N) is 5. The highest BCUT2D eigenvalue weighted by Gasteiger charge is 2.47. The number of sulfonamides is 1. The molecule has 2 atom stereocenters. The summed E-state index contributed by atoms with van der Waals surface area (Å²) in [6.45, 7) is 12.3. The molecule has 50 heavy (non-hydrogen) atoms. The van der Waals surface area contributed by atoms with Crippen LogP contribution in [-0.2, 0) is 19.5 Å². The van der Waals surface area contributed by atoms with Gasteiger partial charge < -0.3 is 29.1 Å². The van der Waals surface area contributed by atoms with Crippen molar-refractivity contribution in [3.05, 3.63) is 42.1 Å². The summed E-state index contributed by atoms with van der Waals surface area (Å²) >= 11 is 0. The number of amides is 1. The Morgan fingerprint density at radius 1 is 1.10 bits per heavy atom. The average molecular weight is 719 g/mol. The molecule has 1 aromatic heterocycles. The molecule has 4 aliphatic heterocycles. The largest absolute Gasteiger partial charge is 0.451 e. The lowest BCUT2D eigenvalue weighted by Gasteiger charge is -2.55. The zero-order valence-corrected chi connectivity index (χ0v) is 30.3. The van der Waals surface area contributed by atoms with Gasteiger partial charge >= 0.3 is 0 Å². The molecular weight excluding hydrogens is 667 g/mol. The van der Waals surface area contributed by atoms with Gasteiger partial charge in [0.25, 0.3) is 5.91 Å².